The maximum absolute atomic E-state index is 13.2. The third-order valence-corrected chi connectivity index (χ3v) is 7.64. The average Bonchev–Trinajstić information content (AvgIpc) is 3.35. The molecule has 7 heteroatoms. The van der Waals surface area contributed by atoms with E-state index in [-0.39, 0.29) is 22.6 Å². The highest BCUT2D eigenvalue weighted by molar-refractivity contribution is 7.89. The summed E-state index contributed by atoms with van der Waals surface area (Å²) in [6.45, 7) is 1.99. The molecule has 4 rings (SSSR count). The number of nitrogens with two attached hydrogens (primary N) is 1. The fraction of sp³-hybridized carbons (Fsp3) is 0.381. The van der Waals surface area contributed by atoms with Crippen LogP contribution in [0.5, 0.6) is 0 Å². The molecule has 0 unspecified atom stereocenters. The van der Waals surface area contributed by atoms with Gasteiger partial charge in [0.15, 0.2) is 0 Å². The maximum Gasteiger partial charge on any atom is 0.243 e. The van der Waals surface area contributed by atoms with Gasteiger partial charge in [-0.05, 0) is 48.7 Å². The van der Waals surface area contributed by atoms with Crippen LogP contribution in [0.25, 0.3) is 0 Å². The number of anilines is 1. The van der Waals surface area contributed by atoms with Gasteiger partial charge in [-0.3, -0.25) is 4.79 Å². The van der Waals surface area contributed by atoms with Gasteiger partial charge in [0.1, 0.15) is 0 Å². The molecule has 0 bridgehead atoms. The van der Waals surface area contributed by atoms with Crippen LogP contribution in [0.2, 0.25) is 0 Å². The lowest BCUT2D eigenvalue weighted by Crippen LogP contribution is -2.30. The number of hydrogen-bond acceptors (Lipinski definition) is 4. The van der Waals surface area contributed by atoms with Crippen LogP contribution < -0.4 is 10.6 Å². The second kappa shape index (κ2) is 7.66. The van der Waals surface area contributed by atoms with Crippen molar-refractivity contribution in [1.82, 2.24) is 4.31 Å². The Morgan fingerprint density at radius 2 is 1.71 bits per heavy atom. The van der Waals surface area contributed by atoms with E-state index in [1.54, 1.807) is 29.2 Å². The summed E-state index contributed by atoms with van der Waals surface area (Å²) in [4.78, 5) is 13.9. The van der Waals surface area contributed by atoms with E-state index in [1.165, 1.54) is 4.31 Å². The number of benzene rings is 2. The quantitative estimate of drug-likeness (QED) is 0.835. The molecule has 2 saturated heterocycles. The van der Waals surface area contributed by atoms with Gasteiger partial charge in [-0.1, -0.05) is 30.3 Å². The van der Waals surface area contributed by atoms with Crippen molar-refractivity contribution in [3.8, 4) is 0 Å². The van der Waals surface area contributed by atoms with Crippen molar-refractivity contribution >= 4 is 21.6 Å². The summed E-state index contributed by atoms with van der Waals surface area (Å²) in [7, 11) is -3.60. The topological polar surface area (TPSA) is 83.7 Å². The van der Waals surface area contributed by atoms with Gasteiger partial charge in [0, 0.05) is 37.7 Å². The summed E-state index contributed by atoms with van der Waals surface area (Å²) in [6.07, 6.45) is 1.39. The molecule has 28 heavy (non-hydrogen) atoms. The Hall–Kier alpha value is -2.22. The third kappa shape index (κ3) is 3.45. The van der Waals surface area contributed by atoms with E-state index in [1.807, 2.05) is 30.3 Å². The fourth-order valence-corrected chi connectivity index (χ4v) is 5.74. The third-order valence-electron chi connectivity index (χ3n) is 5.80. The minimum atomic E-state index is -3.60. The maximum atomic E-state index is 13.2. The highest BCUT2D eigenvalue weighted by Crippen LogP contribution is 2.35. The van der Waals surface area contributed by atoms with Crippen LogP contribution in [0.15, 0.2) is 59.5 Å². The highest BCUT2D eigenvalue weighted by Gasteiger charge is 2.39. The number of carbonyl (C=O) groups excluding carboxylic acids is 1. The highest BCUT2D eigenvalue weighted by atomic mass is 32.2. The van der Waals surface area contributed by atoms with E-state index in [0.717, 1.165) is 17.7 Å². The number of rotatable bonds is 5. The summed E-state index contributed by atoms with van der Waals surface area (Å²) in [5.74, 6) is 0.285. The van der Waals surface area contributed by atoms with Crippen molar-refractivity contribution < 1.29 is 13.2 Å². The molecule has 2 fully saturated rings. The van der Waals surface area contributed by atoms with Gasteiger partial charge < -0.3 is 10.6 Å². The first-order valence-corrected chi connectivity index (χ1v) is 11.1. The number of nitrogens with zero attached hydrogens (tertiary/aromatic N) is 2. The van der Waals surface area contributed by atoms with Crippen molar-refractivity contribution in [3.05, 3.63) is 60.2 Å². The van der Waals surface area contributed by atoms with Crippen LogP contribution in [0.1, 0.15) is 24.3 Å². The molecule has 2 aromatic carbocycles. The summed E-state index contributed by atoms with van der Waals surface area (Å²) in [5, 5.41) is 0. The monoisotopic (exact) mass is 399 g/mol. The Balaban J connectivity index is 1.56. The van der Waals surface area contributed by atoms with E-state index >= 15 is 0 Å². The first kappa shape index (κ1) is 19.1. The van der Waals surface area contributed by atoms with E-state index in [9.17, 15) is 13.2 Å². The molecule has 0 aliphatic carbocycles. The smallest absolute Gasteiger partial charge is 0.243 e. The molecule has 2 atom stereocenters. The predicted octanol–water partition coefficient (Wildman–Crippen LogP) is 2.18. The molecule has 0 radical (unpaired) electrons. The zero-order chi connectivity index (χ0) is 19.7. The summed E-state index contributed by atoms with van der Waals surface area (Å²) in [5.41, 5.74) is 7.83. The Morgan fingerprint density at radius 1 is 1.00 bits per heavy atom. The van der Waals surface area contributed by atoms with Crippen LogP contribution in [0.3, 0.4) is 0 Å². The second-order valence-corrected chi connectivity index (χ2v) is 9.42. The van der Waals surface area contributed by atoms with E-state index in [2.05, 4.69) is 0 Å². The molecule has 0 aromatic heterocycles. The Bertz CT molecular complexity index is 945. The van der Waals surface area contributed by atoms with Crippen molar-refractivity contribution in [2.24, 2.45) is 11.7 Å². The zero-order valence-electron chi connectivity index (χ0n) is 15.7. The molecule has 148 valence electrons. The molecule has 0 spiro atoms. The minimum absolute atomic E-state index is 0.0895. The normalized spacial score (nSPS) is 23.5. The lowest BCUT2D eigenvalue weighted by molar-refractivity contribution is -0.117. The standard InChI is InChI=1S/C21H25N3O3S/c22-13-17-14-23(15-20(17)16-5-2-1-3-6-16)28(26,27)19-10-8-18(9-11-19)24-12-4-7-21(24)25/h1-3,5-6,8-11,17,20H,4,7,12-15,22H2/t17-,20+/m1/s1. The number of carbonyl (C=O) groups is 1. The number of sulfonamides is 1. The SMILES string of the molecule is NC[C@@H]1CN(S(=O)(=O)c2ccc(N3CCCC3=O)cc2)C[C@H]1c1ccccc1. The Morgan fingerprint density at radius 3 is 2.32 bits per heavy atom. The first-order chi connectivity index (χ1) is 13.5. The van der Waals surface area contributed by atoms with Crippen LogP contribution in [0.4, 0.5) is 5.69 Å². The average molecular weight is 400 g/mol. The largest absolute Gasteiger partial charge is 0.330 e. The molecular formula is C21H25N3O3S. The van der Waals surface area contributed by atoms with Gasteiger partial charge in [-0.25, -0.2) is 8.42 Å². The fourth-order valence-electron chi connectivity index (χ4n) is 4.21. The van der Waals surface area contributed by atoms with Gasteiger partial charge in [-0.2, -0.15) is 4.31 Å². The van der Waals surface area contributed by atoms with Gasteiger partial charge in [0.25, 0.3) is 0 Å². The van der Waals surface area contributed by atoms with Crippen LogP contribution >= 0.6 is 0 Å². The summed E-state index contributed by atoms with van der Waals surface area (Å²) < 4.78 is 27.9. The van der Waals surface area contributed by atoms with Gasteiger partial charge >= 0.3 is 0 Å². The summed E-state index contributed by atoms with van der Waals surface area (Å²) in [6, 6.07) is 16.6. The van der Waals surface area contributed by atoms with Crippen molar-refractivity contribution in [2.75, 3.05) is 31.1 Å². The molecule has 2 aromatic rings. The van der Waals surface area contributed by atoms with Crippen LogP contribution in [0, 0.1) is 5.92 Å². The van der Waals surface area contributed by atoms with Crippen molar-refractivity contribution in [1.29, 1.82) is 0 Å². The van der Waals surface area contributed by atoms with E-state index < -0.39 is 10.0 Å². The molecule has 1 amide bonds. The molecular weight excluding hydrogens is 374 g/mol. The summed E-state index contributed by atoms with van der Waals surface area (Å²) >= 11 is 0. The molecule has 2 aliphatic rings. The van der Waals surface area contributed by atoms with Gasteiger partial charge in [0.2, 0.25) is 15.9 Å². The number of amides is 1. The first-order valence-electron chi connectivity index (χ1n) is 9.66. The van der Waals surface area contributed by atoms with Crippen molar-refractivity contribution in [3.63, 3.8) is 0 Å². The minimum Gasteiger partial charge on any atom is -0.330 e. The van der Waals surface area contributed by atoms with Gasteiger partial charge in [-0.15, -0.1) is 0 Å². The molecule has 6 nitrogen and oxygen atoms in total. The molecule has 2 N–H and O–H groups in total. The number of hydrogen-bond donors (Lipinski definition) is 1. The molecule has 2 aliphatic heterocycles. The van der Waals surface area contributed by atoms with Gasteiger partial charge in [0.05, 0.1) is 4.90 Å². The molecule has 0 saturated carbocycles. The van der Waals surface area contributed by atoms with E-state index in [0.29, 0.717) is 32.6 Å². The Labute approximate surface area is 166 Å². The predicted molar refractivity (Wildman–Crippen MR) is 109 cm³/mol. The van der Waals surface area contributed by atoms with Crippen LogP contribution in [-0.4, -0.2) is 44.8 Å². The lowest BCUT2D eigenvalue weighted by Gasteiger charge is -2.19. The second-order valence-electron chi connectivity index (χ2n) is 7.48. The Kier molecular flexibility index (Phi) is 5.23. The van der Waals surface area contributed by atoms with E-state index in [4.69, 9.17) is 5.73 Å². The van der Waals surface area contributed by atoms with Crippen LogP contribution in [-0.2, 0) is 14.8 Å². The molecule has 2 heterocycles. The van der Waals surface area contributed by atoms with Crippen molar-refractivity contribution in [2.45, 2.75) is 23.7 Å². The zero-order valence-corrected chi connectivity index (χ0v) is 16.5. The lowest BCUT2D eigenvalue weighted by atomic mass is 9.89.